The number of thioether (sulfide) groups is 1. The molecule has 2 N–H and O–H groups in total. The Morgan fingerprint density at radius 1 is 1.10 bits per heavy atom. The van der Waals surface area contributed by atoms with E-state index in [-0.39, 0.29) is 29.8 Å². The van der Waals surface area contributed by atoms with Crippen molar-refractivity contribution in [1.29, 1.82) is 0 Å². The van der Waals surface area contributed by atoms with Gasteiger partial charge in [-0.2, -0.15) is 0 Å². The number of hydrogen-bond donors (Lipinski definition) is 2. The van der Waals surface area contributed by atoms with Crippen LogP contribution in [-0.4, -0.2) is 58.9 Å². The van der Waals surface area contributed by atoms with Crippen molar-refractivity contribution in [2.24, 2.45) is 0 Å². The normalized spacial score (nSPS) is 17.6. The Morgan fingerprint density at radius 2 is 1.80 bits per heavy atom. The summed E-state index contributed by atoms with van der Waals surface area (Å²) in [4.78, 5) is 38.7. The van der Waals surface area contributed by atoms with Gasteiger partial charge in [-0.25, -0.2) is 14.8 Å². The van der Waals surface area contributed by atoms with Gasteiger partial charge in [-0.05, 0) is 37.1 Å². The van der Waals surface area contributed by atoms with Crippen molar-refractivity contribution < 1.29 is 14.3 Å². The van der Waals surface area contributed by atoms with Crippen molar-refractivity contribution in [3.8, 4) is 0 Å². The third-order valence-electron chi connectivity index (χ3n) is 6.80. The van der Waals surface area contributed by atoms with E-state index >= 15 is 0 Å². The van der Waals surface area contributed by atoms with Crippen LogP contribution in [0, 0.1) is 0 Å². The summed E-state index contributed by atoms with van der Waals surface area (Å²) in [5.41, 5.74) is 3.79. The van der Waals surface area contributed by atoms with Gasteiger partial charge in [0.1, 0.15) is 17.2 Å². The number of amides is 3. The number of nitrogens with one attached hydrogen (secondary N) is 2. The van der Waals surface area contributed by atoms with E-state index < -0.39 is 0 Å². The van der Waals surface area contributed by atoms with E-state index in [1.807, 2.05) is 82.3 Å². The number of nitrogens with zero attached hydrogens (tertiary/aromatic N) is 4. The molecule has 9 nitrogen and oxygen atoms in total. The number of fused-ring (bicyclic) bond motifs is 1. The number of carbonyl (C=O) groups is 2. The van der Waals surface area contributed by atoms with Crippen LogP contribution in [0.15, 0.2) is 66.0 Å². The molecule has 2 atom stereocenters. The summed E-state index contributed by atoms with van der Waals surface area (Å²) < 4.78 is 5.41. The minimum atomic E-state index is -0.275. The summed E-state index contributed by atoms with van der Waals surface area (Å²) in [5.74, 6) is 0.644. The molecule has 1 aromatic heterocycles. The van der Waals surface area contributed by atoms with E-state index in [4.69, 9.17) is 4.74 Å². The van der Waals surface area contributed by atoms with Gasteiger partial charge in [-0.15, -0.1) is 0 Å². The van der Waals surface area contributed by atoms with Crippen molar-refractivity contribution in [1.82, 2.24) is 20.2 Å². The molecule has 10 heteroatoms. The largest absolute Gasteiger partial charge is 0.379 e. The molecule has 0 saturated carbocycles. The molecule has 0 radical (unpaired) electrons. The predicted molar refractivity (Wildman–Crippen MR) is 160 cm³/mol. The van der Waals surface area contributed by atoms with Gasteiger partial charge in [0, 0.05) is 30.9 Å². The summed E-state index contributed by atoms with van der Waals surface area (Å²) in [6, 6.07) is 17.1. The first-order chi connectivity index (χ1) is 19.5. The van der Waals surface area contributed by atoms with Crippen LogP contribution in [0.2, 0.25) is 0 Å². The minimum Gasteiger partial charge on any atom is -0.379 e. The van der Waals surface area contributed by atoms with Crippen LogP contribution in [0.25, 0.3) is 0 Å². The van der Waals surface area contributed by atoms with Crippen LogP contribution < -0.4 is 15.5 Å². The van der Waals surface area contributed by atoms with Gasteiger partial charge in [-0.1, -0.05) is 68.1 Å². The SMILES string of the molecule is CC.CC1NC(=O)N([C@H](C)c2ccccc2)c2ncnc(SCC(=O)Nc3ccc(CN4CCOCC4)cc3)c21. The van der Waals surface area contributed by atoms with Crippen molar-refractivity contribution in [2.45, 2.75) is 51.3 Å². The van der Waals surface area contributed by atoms with Crippen molar-refractivity contribution in [3.05, 3.63) is 77.6 Å². The number of hydrogen-bond acceptors (Lipinski definition) is 7. The van der Waals surface area contributed by atoms with Crippen LogP contribution in [0.1, 0.15) is 56.5 Å². The van der Waals surface area contributed by atoms with Crippen LogP contribution in [0.5, 0.6) is 0 Å². The molecule has 40 heavy (non-hydrogen) atoms. The van der Waals surface area contributed by atoms with Gasteiger partial charge in [0.25, 0.3) is 0 Å². The Balaban J connectivity index is 0.00000181. The van der Waals surface area contributed by atoms with Crippen molar-refractivity contribution in [3.63, 3.8) is 0 Å². The summed E-state index contributed by atoms with van der Waals surface area (Å²) in [6.45, 7) is 12.2. The van der Waals surface area contributed by atoms with E-state index in [0.717, 1.165) is 49.7 Å². The lowest BCUT2D eigenvalue weighted by Gasteiger charge is -2.36. The van der Waals surface area contributed by atoms with Crippen molar-refractivity contribution >= 4 is 35.2 Å². The Kier molecular flexibility index (Phi) is 10.5. The van der Waals surface area contributed by atoms with E-state index in [1.54, 1.807) is 4.90 Å². The number of urea groups is 1. The van der Waals surface area contributed by atoms with Crippen LogP contribution in [0.4, 0.5) is 16.3 Å². The first-order valence-corrected chi connectivity index (χ1v) is 14.8. The molecule has 0 bridgehead atoms. The number of rotatable bonds is 8. The maximum Gasteiger partial charge on any atom is 0.324 e. The maximum absolute atomic E-state index is 13.0. The number of aromatic nitrogens is 2. The van der Waals surface area contributed by atoms with Crippen LogP contribution in [-0.2, 0) is 16.1 Å². The smallest absolute Gasteiger partial charge is 0.324 e. The average Bonchev–Trinajstić information content (AvgIpc) is 2.99. The predicted octanol–water partition coefficient (Wildman–Crippen LogP) is 5.42. The molecule has 3 aromatic rings. The second kappa shape index (κ2) is 14.2. The van der Waals surface area contributed by atoms with E-state index in [9.17, 15) is 9.59 Å². The molecule has 2 aliphatic rings. The van der Waals surface area contributed by atoms with Gasteiger partial charge >= 0.3 is 6.03 Å². The average molecular weight is 563 g/mol. The maximum atomic E-state index is 13.0. The zero-order valence-corrected chi connectivity index (χ0v) is 24.4. The van der Waals surface area contributed by atoms with Crippen LogP contribution >= 0.6 is 11.8 Å². The van der Waals surface area contributed by atoms with Crippen LogP contribution in [0.3, 0.4) is 0 Å². The highest BCUT2D eigenvalue weighted by Gasteiger charge is 2.35. The Hall–Kier alpha value is -3.47. The molecular formula is C30H38N6O3S. The highest BCUT2D eigenvalue weighted by Crippen LogP contribution is 2.39. The lowest BCUT2D eigenvalue weighted by atomic mass is 10.0. The fourth-order valence-electron chi connectivity index (χ4n) is 4.76. The number of ether oxygens (including phenoxy) is 1. The van der Waals surface area contributed by atoms with Crippen molar-refractivity contribution in [2.75, 3.05) is 42.3 Å². The highest BCUT2D eigenvalue weighted by atomic mass is 32.2. The van der Waals surface area contributed by atoms with Gasteiger partial charge < -0.3 is 15.4 Å². The number of morpholine rings is 1. The fourth-order valence-corrected chi connectivity index (χ4v) is 5.65. The summed E-state index contributed by atoms with van der Waals surface area (Å²) in [6.07, 6.45) is 1.46. The first kappa shape index (κ1) is 29.5. The summed E-state index contributed by atoms with van der Waals surface area (Å²) in [7, 11) is 0. The fraction of sp³-hybridized carbons (Fsp3) is 0.400. The Morgan fingerprint density at radius 3 is 2.50 bits per heavy atom. The second-order valence-electron chi connectivity index (χ2n) is 9.47. The first-order valence-electron chi connectivity index (χ1n) is 13.8. The monoisotopic (exact) mass is 562 g/mol. The topological polar surface area (TPSA) is 99.7 Å². The standard InChI is InChI=1S/C28H32N6O3S.C2H6/c1-19-25-26(34(28(36)31-19)20(2)22-6-4-3-5-7-22)29-18-30-27(25)38-17-24(35)32-23-10-8-21(9-11-23)16-33-12-14-37-15-13-33;1-2/h3-11,18-20H,12-17H2,1-2H3,(H,31,36)(H,32,35);1-2H3/t19?,20-;/m1./s1. The third-order valence-corrected chi connectivity index (χ3v) is 7.81. The molecule has 1 saturated heterocycles. The lowest BCUT2D eigenvalue weighted by molar-refractivity contribution is -0.113. The molecule has 1 fully saturated rings. The number of carbonyl (C=O) groups excluding carboxylic acids is 2. The molecule has 2 aliphatic heterocycles. The minimum absolute atomic E-state index is 0.120. The van der Waals surface area contributed by atoms with E-state index in [1.165, 1.54) is 23.7 Å². The molecule has 0 aliphatic carbocycles. The molecule has 212 valence electrons. The lowest BCUT2D eigenvalue weighted by Crippen LogP contribution is -2.47. The van der Waals surface area contributed by atoms with Gasteiger partial charge in [-0.3, -0.25) is 14.6 Å². The summed E-state index contributed by atoms with van der Waals surface area (Å²) in [5, 5.41) is 6.68. The van der Waals surface area contributed by atoms with Gasteiger partial charge in [0.05, 0.1) is 31.1 Å². The second-order valence-corrected chi connectivity index (χ2v) is 10.4. The zero-order valence-electron chi connectivity index (χ0n) is 23.6. The quantitative estimate of drug-likeness (QED) is 0.279. The third kappa shape index (κ3) is 7.18. The van der Waals surface area contributed by atoms with E-state index in [2.05, 4.69) is 25.5 Å². The molecule has 1 unspecified atom stereocenters. The summed E-state index contributed by atoms with van der Waals surface area (Å²) >= 11 is 1.34. The zero-order chi connectivity index (χ0) is 28.5. The molecular weight excluding hydrogens is 524 g/mol. The number of benzene rings is 2. The highest BCUT2D eigenvalue weighted by molar-refractivity contribution is 8.00. The van der Waals surface area contributed by atoms with Gasteiger partial charge in [0.2, 0.25) is 5.91 Å². The number of anilines is 2. The molecule has 3 amide bonds. The molecule has 2 aromatic carbocycles. The van der Waals surface area contributed by atoms with E-state index in [0.29, 0.717) is 10.8 Å². The molecule has 5 rings (SSSR count). The van der Waals surface area contributed by atoms with Gasteiger partial charge in [0.15, 0.2) is 0 Å². The Bertz CT molecular complexity index is 1270. The Labute approximate surface area is 240 Å². The molecule has 0 spiro atoms. The molecule has 3 heterocycles.